The molecule has 49 heavy (non-hydrogen) atoms. The van der Waals surface area contributed by atoms with Crippen LogP contribution < -0.4 is 0 Å². The Bertz CT molecular complexity index is 1850. The van der Waals surface area contributed by atoms with E-state index in [4.69, 9.17) is 36.3 Å². The van der Waals surface area contributed by atoms with Crippen LogP contribution in [0.2, 0.25) is 10.0 Å². The van der Waals surface area contributed by atoms with Gasteiger partial charge in [-0.25, -0.2) is 9.69 Å². The predicted octanol–water partition coefficient (Wildman–Crippen LogP) is 10.3. The van der Waals surface area contributed by atoms with Gasteiger partial charge < -0.3 is 0 Å². The van der Waals surface area contributed by atoms with E-state index >= 15 is 0 Å². The first-order valence-corrected chi connectivity index (χ1v) is 15.3. The number of Topliss-reactive ketones (excluding diaryl/α,β-unsaturated/α-hetero) is 2. The zero-order valence-electron chi connectivity index (χ0n) is 26.1. The summed E-state index contributed by atoms with van der Waals surface area (Å²) in [6.07, 6.45) is -3.56. The molecule has 1 N–H and O–H groups in total. The number of ketones is 2. The lowest BCUT2D eigenvalue weighted by molar-refractivity contribution is -0.137. The third-order valence-corrected chi connectivity index (χ3v) is 7.48. The summed E-state index contributed by atoms with van der Waals surface area (Å²) in [4.78, 5) is 30.0. The zero-order chi connectivity index (χ0) is 37.4. The lowest BCUT2D eigenvalue weighted by atomic mass is 9.93. The first-order chi connectivity index (χ1) is 22.5. The molecule has 0 spiro atoms. The Kier molecular flexibility index (Phi) is 13.8. The highest BCUT2D eigenvalue weighted by Gasteiger charge is 2.36. The highest BCUT2D eigenvalue weighted by Crippen LogP contribution is 2.38. The summed E-state index contributed by atoms with van der Waals surface area (Å²) in [5.41, 5.74) is -3.62. The van der Waals surface area contributed by atoms with Crippen LogP contribution in [0.3, 0.4) is 0 Å². The van der Waals surface area contributed by atoms with E-state index in [0.717, 1.165) is 24.3 Å². The maximum absolute atomic E-state index is 13.0. The van der Waals surface area contributed by atoms with E-state index in [0.29, 0.717) is 10.0 Å². The number of hydrogen-bond donors (Lipinski definition) is 1. The molecule has 0 saturated carbocycles. The summed E-state index contributed by atoms with van der Waals surface area (Å²) < 4.78 is 77.8. The van der Waals surface area contributed by atoms with Gasteiger partial charge in [0.25, 0.3) is 0 Å². The van der Waals surface area contributed by atoms with Crippen LogP contribution in [0.15, 0.2) is 61.2 Å². The molecule has 8 nitrogen and oxygen atoms in total. The second-order valence-electron chi connectivity index (χ2n) is 11.2. The molecule has 0 aliphatic heterocycles. The monoisotopic (exact) mass is 790 g/mol. The molecule has 0 radical (unpaired) electrons. The Morgan fingerprint density at radius 3 is 1.59 bits per heavy atom. The predicted molar refractivity (Wildman–Crippen MR) is 176 cm³/mol. The first-order valence-electron chi connectivity index (χ1n) is 13.8. The van der Waals surface area contributed by atoms with Crippen molar-refractivity contribution < 1.29 is 35.9 Å². The molecule has 17 heteroatoms. The molecule has 2 heterocycles. The van der Waals surface area contributed by atoms with Gasteiger partial charge >= 0.3 is 12.4 Å². The highest BCUT2D eigenvalue weighted by molar-refractivity contribution is 9.10. The van der Waals surface area contributed by atoms with Crippen LogP contribution in [-0.4, -0.2) is 35.9 Å². The number of carbonyl (C=O) groups is 2. The average Bonchev–Trinajstić information content (AvgIpc) is 3.67. The fraction of sp³-hybridized carbons (Fsp3) is 0.312. The molecule has 0 saturated heterocycles. The van der Waals surface area contributed by atoms with E-state index < -0.39 is 44.7 Å². The number of alkyl halides is 7. The van der Waals surface area contributed by atoms with Crippen LogP contribution in [0.1, 0.15) is 49.9 Å². The Labute approximate surface area is 296 Å². The fourth-order valence-corrected chi connectivity index (χ4v) is 4.18. The molecule has 2 aromatic heterocycles. The second kappa shape index (κ2) is 16.5. The summed E-state index contributed by atoms with van der Waals surface area (Å²) in [6.45, 7) is 20.0. The normalized spacial score (nSPS) is 11.7. The summed E-state index contributed by atoms with van der Waals surface area (Å²) in [5.74, 6) is -0.554. The van der Waals surface area contributed by atoms with Gasteiger partial charge in [0.1, 0.15) is 5.54 Å². The number of hydrogen-bond acceptors (Lipinski definition) is 4. The minimum absolute atomic E-state index is 0.111. The van der Waals surface area contributed by atoms with Crippen LogP contribution in [-0.2, 0) is 40.3 Å². The molecule has 4 rings (SSSR count). The molecule has 0 amide bonds. The van der Waals surface area contributed by atoms with E-state index in [1.807, 2.05) is 0 Å². The SMILES string of the molecule is Clc1cn[nH]c1.[C-]#[N+]c1ccc(CC(=O)C(C)(C)Br)cc1C(F)(F)F.[C-]#[N+]c1ccc(CC(=O)C(C)(C)n2cc(Cl)cn2)cc1C(F)(F)F. The van der Waals surface area contributed by atoms with Crippen molar-refractivity contribution in [3.05, 3.63) is 116 Å². The van der Waals surface area contributed by atoms with E-state index in [1.165, 1.54) is 29.2 Å². The van der Waals surface area contributed by atoms with Gasteiger partial charge in [0.2, 0.25) is 0 Å². The number of H-pyrrole nitrogens is 1. The number of nitrogens with zero attached hydrogens (tertiary/aromatic N) is 5. The molecule has 0 unspecified atom stereocenters. The Balaban J connectivity index is 0.000000295. The van der Waals surface area contributed by atoms with Crippen molar-refractivity contribution in [2.45, 2.75) is 62.8 Å². The average molecular weight is 792 g/mol. The second-order valence-corrected chi connectivity index (χ2v) is 14.0. The third-order valence-electron chi connectivity index (χ3n) is 6.64. The third kappa shape index (κ3) is 12.0. The Hall–Kier alpha value is -4.18. The maximum atomic E-state index is 13.0. The van der Waals surface area contributed by atoms with Crippen molar-refractivity contribution in [2.24, 2.45) is 0 Å². The van der Waals surface area contributed by atoms with Crippen molar-refractivity contribution in [1.82, 2.24) is 20.0 Å². The minimum atomic E-state index is -4.65. The van der Waals surface area contributed by atoms with Crippen molar-refractivity contribution in [2.75, 3.05) is 0 Å². The van der Waals surface area contributed by atoms with Crippen LogP contribution in [0.5, 0.6) is 0 Å². The molecule has 0 fully saturated rings. The quantitative estimate of drug-likeness (QED) is 0.115. The topological polar surface area (TPSA) is 89.4 Å². The number of carbonyl (C=O) groups excluding carboxylic acids is 2. The molecule has 0 aliphatic rings. The van der Waals surface area contributed by atoms with Crippen molar-refractivity contribution in [3.63, 3.8) is 0 Å². The van der Waals surface area contributed by atoms with Crippen LogP contribution in [0.25, 0.3) is 9.69 Å². The van der Waals surface area contributed by atoms with Gasteiger partial charge in [0.05, 0.1) is 51.0 Å². The van der Waals surface area contributed by atoms with Crippen LogP contribution in [0, 0.1) is 13.1 Å². The summed E-state index contributed by atoms with van der Waals surface area (Å²) in [7, 11) is 0. The smallest absolute Gasteiger partial charge is 0.298 e. The minimum Gasteiger partial charge on any atom is -0.298 e. The zero-order valence-corrected chi connectivity index (χ0v) is 29.2. The molecule has 0 atom stereocenters. The van der Waals surface area contributed by atoms with Gasteiger partial charge in [-0.15, -0.1) is 0 Å². The van der Waals surface area contributed by atoms with Gasteiger partial charge in [0.15, 0.2) is 22.9 Å². The number of aromatic nitrogens is 4. The largest absolute Gasteiger partial charge is 0.407 e. The number of halogens is 9. The van der Waals surface area contributed by atoms with E-state index in [1.54, 1.807) is 40.1 Å². The first kappa shape index (κ1) is 41.0. The highest BCUT2D eigenvalue weighted by atomic mass is 79.9. The summed E-state index contributed by atoms with van der Waals surface area (Å²) in [5, 5.41) is 11.1. The standard InChI is InChI=1S/C16H13ClF3N3O.C13H11BrF3NO.C3H3ClN2/c1-15(2,23-9-11(17)8-22-23)14(24)7-10-4-5-13(21-3)12(6-10)16(18,19)20;1-12(2,14)11(19)7-8-4-5-10(18-3)9(6-8)13(15,16)17;4-3-1-5-6-2-3/h4-6,8-9H,7H2,1-2H3;4-6H,7H2,1-2H3;1-2H,(H,5,6). The number of nitrogens with one attached hydrogen (secondary N) is 1. The lowest BCUT2D eigenvalue weighted by Gasteiger charge is -2.24. The van der Waals surface area contributed by atoms with Crippen LogP contribution in [0.4, 0.5) is 37.7 Å². The van der Waals surface area contributed by atoms with E-state index in [9.17, 15) is 35.9 Å². The van der Waals surface area contributed by atoms with E-state index in [-0.39, 0.29) is 35.5 Å². The van der Waals surface area contributed by atoms with Gasteiger partial charge in [-0.05, 0) is 38.8 Å². The molecule has 0 aliphatic carbocycles. The summed E-state index contributed by atoms with van der Waals surface area (Å²) >= 11 is 14.3. The van der Waals surface area contributed by atoms with Crippen molar-refractivity contribution in [1.29, 1.82) is 0 Å². The van der Waals surface area contributed by atoms with Gasteiger partial charge in [-0.3, -0.25) is 19.4 Å². The molecule has 2 aromatic carbocycles. The van der Waals surface area contributed by atoms with Gasteiger partial charge in [-0.1, -0.05) is 75.5 Å². The van der Waals surface area contributed by atoms with Crippen LogP contribution >= 0.6 is 39.1 Å². The number of benzene rings is 2. The Morgan fingerprint density at radius 1 is 0.816 bits per heavy atom. The van der Waals surface area contributed by atoms with E-state index in [2.05, 4.69) is 40.9 Å². The molecular formula is C32H27BrCl2F6N6O2. The lowest BCUT2D eigenvalue weighted by Crippen LogP contribution is -2.37. The Morgan fingerprint density at radius 2 is 1.29 bits per heavy atom. The summed E-state index contributed by atoms with van der Waals surface area (Å²) in [6, 6.07) is 6.61. The maximum Gasteiger partial charge on any atom is 0.407 e. The molecule has 260 valence electrons. The number of aromatic amines is 1. The van der Waals surface area contributed by atoms with Gasteiger partial charge in [-0.2, -0.15) is 36.5 Å². The molecule has 0 bridgehead atoms. The number of rotatable bonds is 7. The molecular weight excluding hydrogens is 765 g/mol. The van der Waals surface area contributed by atoms with Crippen molar-refractivity contribution >= 4 is 62.1 Å². The van der Waals surface area contributed by atoms with Crippen molar-refractivity contribution in [3.8, 4) is 0 Å². The fourth-order valence-electron chi connectivity index (χ4n) is 3.80. The van der Waals surface area contributed by atoms with Gasteiger partial charge in [0, 0.05) is 25.2 Å². The molecule has 4 aromatic rings.